The van der Waals surface area contributed by atoms with Crippen LogP contribution in [0.15, 0.2) is 24.3 Å². The third kappa shape index (κ3) is 2.69. The summed E-state index contributed by atoms with van der Waals surface area (Å²) in [6.45, 7) is 8.00. The summed E-state index contributed by atoms with van der Waals surface area (Å²) in [5, 5.41) is 0. The van der Waals surface area contributed by atoms with Gasteiger partial charge in [-0.2, -0.15) is 0 Å². The van der Waals surface area contributed by atoms with E-state index in [9.17, 15) is 0 Å². The van der Waals surface area contributed by atoms with E-state index in [1.54, 1.807) is 0 Å². The van der Waals surface area contributed by atoms with Gasteiger partial charge < -0.3 is 0 Å². The maximum absolute atomic E-state index is 4.70. The van der Waals surface area contributed by atoms with Crippen molar-refractivity contribution < 1.29 is 0 Å². The minimum Gasteiger partial charge on any atom is -0.250 e. The number of aryl methyl sites for hydroxylation is 4. The van der Waals surface area contributed by atoms with Crippen molar-refractivity contribution in [2.45, 2.75) is 27.7 Å². The molecule has 2 aromatic heterocycles. The lowest BCUT2D eigenvalue weighted by Gasteiger charge is -2.11. The van der Waals surface area contributed by atoms with Crippen LogP contribution in [0.5, 0.6) is 0 Å². The molecule has 0 aliphatic heterocycles. The summed E-state index contributed by atoms with van der Waals surface area (Å²) in [6.07, 6.45) is 8.59. The van der Waals surface area contributed by atoms with Gasteiger partial charge in [0.05, 0.1) is 44.8 Å². The highest BCUT2D eigenvalue weighted by molar-refractivity contribution is 5.93. The van der Waals surface area contributed by atoms with Crippen LogP contribution in [0.2, 0.25) is 0 Å². The lowest BCUT2D eigenvalue weighted by molar-refractivity contribution is 1.10. The predicted molar refractivity (Wildman–Crippen MR) is 116 cm³/mol. The summed E-state index contributed by atoms with van der Waals surface area (Å²) >= 11 is 0. The molecular formula is C24H20N4. The first-order valence-electron chi connectivity index (χ1n) is 9.42. The van der Waals surface area contributed by atoms with Crippen LogP contribution < -0.4 is 0 Å². The Hall–Kier alpha value is -3.40. The first kappa shape index (κ1) is 16.8. The van der Waals surface area contributed by atoms with Crippen molar-refractivity contribution in [3.63, 3.8) is 0 Å². The molecule has 136 valence electrons. The molecule has 0 saturated heterocycles. The molecule has 0 bridgehead atoms. The Morgan fingerprint density at radius 1 is 0.393 bits per heavy atom. The molecule has 0 saturated carbocycles. The van der Waals surface area contributed by atoms with Crippen LogP contribution >= 0.6 is 0 Å². The molecule has 28 heavy (non-hydrogen) atoms. The first-order valence-corrected chi connectivity index (χ1v) is 9.42. The summed E-state index contributed by atoms with van der Waals surface area (Å²) in [7, 11) is 0. The summed E-state index contributed by atoms with van der Waals surface area (Å²) in [6, 6.07) is 8.46. The lowest BCUT2D eigenvalue weighted by Crippen LogP contribution is -1.97. The fourth-order valence-electron chi connectivity index (χ4n) is 3.56. The molecule has 1 aliphatic carbocycles. The van der Waals surface area contributed by atoms with Gasteiger partial charge in [0.2, 0.25) is 0 Å². The number of nitrogens with zero attached hydrogens (tertiary/aromatic N) is 4. The van der Waals surface area contributed by atoms with Crippen LogP contribution in [0.4, 0.5) is 0 Å². The van der Waals surface area contributed by atoms with Crippen LogP contribution in [0.3, 0.4) is 0 Å². The molecule has 1 aliphatic rings. The Morgan fingerprint density at radius 2 is 0.607 bits per heavy atom. The largest absolute Gasteiger partial charge is 0.250 e. The molecular weight excluding hydrogens is 344 g/mol. The van der Waals surface area contributed by atoms with E-state index in [1.165, 1.54) is 0 Å². The molecule has 0 radical (unpaired) electrons. The summed E-state index contributed by atoms with van der Waals surface area (Å²) < 4.78 is 0. The fraction of sp³-hybridized carbons (Fsp3) is 0.167. The van der Waals surface area contributed by atoms with Crippen LogP contribution in [0, 0.1) is 27.7 Å². The third-order valence-electron chi connectivity index (χ3n) is 5.45. The number of fused-ring (bicyclic) bond motifs is 4. The smallest absolute Gasteiger partial charge is 0.0896 e. The second kappa shape index (κ2) is 6.06. The number of hydrogen-bond acceptors (Lipinski definition) is 4. The molecule has 0 atom stereocenters. The van der Waals surface area contributed by atoms with Crippen molar-refractivity contribution >= 4 is 46.4 Å². The number of hydrogen-bond donors (Lipinski definition) is 0. The second-order valence-electron chi connectivity index (χ2n) is 7.40. The average Bonchev–Trinajstić information content (AvgIpc) is 2.65. The summed E-state index contributed by atoms with van der Waals surface area (Å²) in [5.41, 5.74) is 12.1. The molecule has 0 N–H and O–H groups in total. The number of aromatic nitrogens is 4. The van der Waals surface area contributed by atoms with Crippen molar-refractivity contribution in [3.8, 4) is 0 Å². The molecule has 0 amide bonds. The van der Waals surface area contributed by atoms with Gasteiger partial charge in [0.25, 0.3) is 0 Å². The molecule has 2 heterocycles. The predicted octanol–water partition coefficient (Wildman–Crippen LogP) is 5.46. The Kier molecular flexibility index (Phi) is 3.63. The topological polar surface area (TPSA) is 51.6 Å². The van der Waals surface area contributed by atoms with Gasteiger partial charge in [-0.3, -0.25) is 0 Å². The first-order chi connectivity index (χ1) is 13.5. The molecule has 4 heteroatoms. The Labute approximate surface area is 163 Å². The fourth-order valence-corrected chi connectivity index (χ4v) is 3.56. The molecule has 0 unspecified atom stereocenters. The highest BCUT2D eigenvalue weighted by Gasteiger charge is 2.10. The van der Waals surface area contributed by atoms with Crippen molar-refractivity contribution in [1.29, 1.82) is 0 Å². The number of rotatable bonds is 0. The van der Waals surface area contributed by atoms with E-state index in [0.29, 0.717) is 0 Å². The van der Waals surface area contributed by atoms with Crippen LogP contribution in [-0.2, 0) is 0 Å². The molecule has 0 fully saturated rings. The average molecular weight is 364 g/mol. The standard InChI is InChI=1S/C24H20N4/c1-13-14(2)26-22-10-18-7-8-20-12-24-23(27-15(3)16(4)28-24)11-19(20)6-5-17(18)9-21(22)25-13/h5-12H,1-4H3/b6-5-,8-7?,17-5?,18-7?,19-6?,20-8?. The molecule has 4 nitrogen and oxygen atoms in total. The zero-order valence-corrected chi connectivity index (χ0v) is 16.4. The summed E-state index contributed by atoms with van der Waals surface area (Å²) in [4.78, 5) is 18.8. The van der Waals surface area contributed by atoms with Crippen molar-refractivity contribution in [2.75, 3.05) is 0 Å². The molecule has 4 aromatic rings. The van der Waals surface area contributed by atoms with Crippen molar-refractivity contribution in [1.82, 2.24) is 19.9 Å². The van der Waals surface area contributed by atoms with E-state index in [1.807, 2.05) is 27.7 Å². The van der Waals surface area contributed by atoms with Crippen molar-refractivity contribution in [2.24, 2.45) is 0 Å². The maximum Gasteiger partial charge on any atom is 0.0896 e. The SMILES string of the molecule is Cc1nc2cc3c(cc2nc1C)/C=C\c1cc2nc(C)c(C)nc2cc1C=C3. The van der Waals surface area contributed by atoms with Gasteiger partial charge in [-0.15, -0.1) is 0 Å². The van der Waals surface area contributed by atoms with E-state index < -0.39 is 0 Å². The molecule has 5 rings (SSSR count). The highest BCUT2D eigenvalue weighted by Crippen LogP contribution is 2.28. The zero-order chi connectivity index (χ0) is 19.4. The van der Waals surface area contributed by atoms with E-state index in [0.717, 1.165) is 67.1 Å². The Bertz CT molecular complexity index is 1140. The normalized spacial score (nSPS) is 13.9. The highest BCUT2D eigenvalue weighted by atomic mass is 14.8. The van der Waals surface area contributed by atoms with Gasteiger partial charge in [0.1, 0.15) is 0 Å². The van der Waals surface area contributed by atoms with Gasteiger partial charge in [-0.1, -0.05) is 24.3 Å². The minimum absolute atomic E-state index is 0.927. The zero-order valence-electron chi connectivity index (χ0n) is 16.4. The van der Waals surface area contributed by atoms with E-state index in [-0.39, 0.29) is 0 Å². The van der Waals surface area contributed by atoms with Gasteiger partial charge in [-0.05, 0) is 74.2 Å². The number of benzene rings is 2. The van der Waals surface area contributed by atoms with Gasteiger partial charge in [-0.25, -0.2) is 19.9 Å². The molecule has 0 spiro atoms. The van der Waals surface area contributed by atoms with Gasteiger partial charge in [0.15, 0.2) is 0 Å². The van der Waals surface area contributed by atoms with E-state index in [4.69, 9.17) is 19.9 Å². The molecule has 2 aromatic carbocycles. The quantitative estimate of drug-likeness (QED) is 0.366. The van der Waals surface area contributed by atoms with Crippen LogP contribution in [0.25, 0.3) is 46.4 Å². The monoisotopic (exact) mass is 364 g/mol. The van der Waals surface area contributed by atoms with Crippen molar-refractivity contribution in [3.05, 3.63) is 69.3 Å². The van der Waals surface area contributed by atoms with E-state index >= 15 is 0 Å². The van der Waals surface area contributed by atoms with Crippen LogP contribution in [-0.4, -0.2) is 19.9 Å². The minimum atomic E-state index is 0.927. The third-order valence-corrected chi connectivity index (χ3v) is 5.45. The second-order valence-corrected chi connectivity index (χ2v) is 7.40. The van der Waals surface area contributed by atoms with Gasteiger partial charge in [0, 0.05) is 0 Å². The Morgan fingerprint density at radius 3 is 0.821 bits per heavy atom. The van der Waals surface area contributed by atoms with Gasteiger partial charge >= 0.3 is 0 Å². The Balaban J connectivity index is 1.70. The lowest BCUT2D eigenvalue weighted by atomic mass is 9.97. The van der Waals surface area contributed by atoms with E-state index in [2.05, 4.69) is 48.6 Å². The summed E-state index contributed by atoms with van der Waals surface area (Å²) in [5.74, 6) is 0. The van der Waals surface area contributed by atoms with Crippen LogP contribution in [0.1, 0.15) is 45.0 Å². The maximum atomic E-state index is 4.70.